The number of aliphatic carboxylic acids is 1. The number of anilines is 1. The molecule has 14 nitrogen and oxygen atoms in total. The lowest BCUT2D eigenvalue weighted by molar-refractivity contribution is -0.150. The van der Waals surface area contributed by atoms with E-state index >= 15 is 0 Å². The molecule has 1 aromatic carbocycles. The normalized spacial score (nSPS) is 19.6. The monoisotopic (exact) mass is 557 g/mol. The van der Waals surface area contributed by atoms with Crippen LogP contribution in [-0.4, -0.2) is 80.6 Å². The summed E-state index contributed by atoms with van der Waals surface area (Å²) in [6.45, 7) is 0.280. The number of amides is 2. The third-order valence-corrected chi connectivity index (χ3v) is 7.88. The third kappa shape index (κ3) is 4.28. The molecule has 2 aliphatic heterocycles. The highest BCUT2D eigenvalue weighted by molar-refractivity contribution is 8.00. The van der Waals surface area contributed by atoms with Gasteiger partial charge in [0.1, 0.15) is 22.8 Å². The lowest BCUT2D eigenvalue weighted by atomic mass is 10.0. The summed E-state index contributed by atoms with van der Waals surface area (Å²) < 4.78 is 1.70. The van der Waals surface area contributed by atoms with Crippen LogP contribution in [0.2, 0.25) is 0 Å². The number of nitrogens with one attached hydrogen (secondary N) is 1. The Bertz CT molecular complexity index is 1570. The molecule has 196 valence electrons. The molecule has 38 heavy (non-hydrogen) atoms. The van der Waals surface area contributed by atoms with Gasteiger partial charge in [-0.3, -0.25) is 14.5 Å². The molecule has 5 rings (SSSR count). The zero-order valence-electron chi connectivity index (χ0n) is 19.2. The van der Waals surface area contributed by atoms with E-state index in [-0.39, 0.29) is 40.3 Å². The van der Waals surface area contributed by atoms with Crippen molar-refractivity contribution < 1.29 is 34.9 Å². The molecule has 2 aliphatic rings. The largest absolute Gasteiger partial charge is 0.504 e. The Morgan fingerprint density at radius 2 is 2.05 bits per heavy atom. The number of fused-ring (bicyclic) bond motifs is 2. The standard InChI is InChI=1S/C22H19N7O7S2/c23-22-25-11(7-38-22)15(27-36)18(32)26-16-19(33)29-17(21(34)35)9(6-37-20(16)29)2-1-3-28-8-24-10-4-13(30)14(31)5-12(10)28/h1-2,4-5,7-8,16,20,30-31,36H,3,6H2,(H2,23,25)(H,26,32)(H,34,35)/b2-1+,27-15-/t16?,20-/m1/s1. The van der Waals surface area contributed by atoms with Crippen molar-refractivity contribution in [2.75, 3.05) is 11.5 Å². The van der Waals surface area contributed by atoms with E-state index < -0.39 is 34.9 Å². The molecule has 0 radical (unpaired) electrons. The van der Waals surface area contributed by atoms with Gasteiger partial charge in [-0.25, -0.2) is 14.8 Å². The van der Waals surface area contributed by atoms with Crippen LogP contribution in [0.1, 0.15) is 5.69 Å². The molecule has 2 aromatic heterocycles. The highest BCUT2D eigenvalue weighted by Crippen LogP contribution is 2.40. The summed E-state index contributed by atoms with van der Waals surface area (Å²) in [5, 5.41) is 44.9. The number of hydrogen-bond donors (Lipinski definition) is 6. The predicted molar refractivity (Wildman–Crippen MR) is 137 cm³/mol. The van der Waals surface area contributed by atoms with E-state index in [9.17, 15) is 34.9 Å². The number of thioether (sulfide) groups is 1. The van der Waals surface area contributed by atoms with Gasteiger partial charge < -0.3 is 36.1 Å². The Morgan fingerprint density at radius 1 is 1.29 bits per heavy atom. The van der Waals surface area contributed by atoms with Gasteiger partial charge in [-0.05, 0) is 5.57 Å². The van der Waals surface area contributed by atoms with Crippen LogP contribution in [0.15, 0.2) is 52.4 Å². The topological polar surface area (TPSA) is 216 Å². The second-order valence-electron chi connectivity index (χ2n) is 8.19. The molecule has 1 unspecified atom stereocenters. The summed E-state index contributed by atoms with van der Waals surface area (Å²) in [6, 6.07) is 1.68. The first-order valence-electron chi connectivity index (χ1n) is 10.9. The smallest absolute Gasteiger partial charge is 0.352 e. The van der Waals surface area contributed by atoms with Gasteiger partial charge >= 0.3 is 5.97 Å². The number of β-lactam (4-membered cyclic amide) rings is 1. The van der Waals surface area contributed by atoms with Crippen molar-refractivity contribution in [3.05, 3.63) is 53.0 Å². The molecule has 0 saturated carbocycles. The fourth-order valence-corrected chi connectivity index (χ4v) is 5.99. The Kier molecular flexibility index (Phi) is 6.41. The Balaban J connectivity index is 1.32. The van der Waals surface area contributed by atoms with E-state index in [0.717, 1.165) is 16.2 Å². The number of benzene rings is 1. The Hall–Kier alpha value is -4.57. The average molecular weight is 558 g/mol. The van der Waals surface area contributed by atoms with Crippen molar-refractivity contribution in [3.8, 4) is 11.5 Å². The number of thiazole rings is 1. The van der Waals surface area contributed by atoms with Crippen LogP contribution < -0.4 is 11.1 Å². The molecular formula is C22H19N7O7S2. The molecule has 3 aromatic rings. The SMILES string of the molecule is Nc1nc(/C(=N/O)C(=O)NC2C(=O)N3C(C(=O)O)=C(/C=C/Cn4cnc5cc(O)c(O)cc54)CS[C@H]23)cs1. The number of aromatic nitrogens is 3. The van der Waals surface area contributed by atoms with Gasteiger partial charge in [-0.1, -0.05) is 17.3 Å². The first kappa shape index (κ1) is 25.1. The summed E-state index contributed by atoms with van der Waals surface area (Å²) in [7, 11) is 0. The Morgan fingerprint density at radius 3 is 2.74 bits per heavy atom. The number of imidazole rings is 1. The van der Waals surface area contributed by atoms with Gasteiger partial charge in [0, 0.05) is 29.8 Å². The van der Waals surface area contributed by atoms with Gasteiger partial charge in [0.2, 0.25) is 0 Å². The van der Waals surface area contributed by atoms with Gasteiger partial charge in [0.05, 0.1) is 17.4 Å². The number of hydrogen-bond acceptors (Lipinski definition) is 12. The Labute approximate surface area is 221 Å². The van der Waals surface area contributed by atoms with E-state index in [2.05, 4.69) is 20.4 Å². The first-order valence-corrected chi connectivity index (χ1v) is 12.8. The number of allylic oxidation sites excluding steroid dienone is 2. The number of nitrogens with zero attached hydrogens (tertiary/aromatic N) is 5. The van der Waals surface area contributed by atoms with E-state index in [1.807, 2.05) is 0 Å². The van der Waals surface area contributed by atoms with Crippen LogP contribution in [-0.2, 0) is 20.9 Å². The van der Waals surface area contributed by atoms with Crippen LogP contribution in [0.3, 0.4) is 0 Å². The van der Waals surface area contributed by atoms with Gasteiger partial charge in [-0.15, -0.1) is 23.1 Å². The van der Waals surface area contributed by atoms with Crippen LogP contribution in [0.25, 0.3) is 11.0 Å². The number of oxime groups is 1. The molecule has 0 spiro atoms. The predicted octanol–water partition coefficient (Wildman–Crippen LogP) is 0.660. The summed E-state index contributed by atoms with van der Waals surface area (Å²) >= 11 is 2.32. The summed E-state index contributed by atoms with van der Waals surface area (Å²) in [5.74, 6) is -3.09. The van der Waals surface area contributed by atoms with Crippen LogP contribution in [0.4, 0.5) is 5.13 Å². The molecule has 4 heterocycles. The maximum Gasteiger partial charge on any atom is 0.352 e. The number of nitrogens with two attached hydrogens (primary N) is 1. The van der Waals surface area contributed by atoms with Gasteiger partial charge in [0.15, 0.2) is 22.3 Å². The molecule has 16 heteroatoms. The highest BCUT2D eigenvalue weighted by atomic mass is 32.2. The number of carboxylic acids is 1. The van der Waals surface area contributed by atoms with Gasteiger partial charge in [-0.2, -0.15) is 0 Å². The quantitative estimate of drug-likeness (QED) is 0.0779. The minimum absolute atomic E-state index is 0.0451. The highest BCUT2D eigenvalue weighted by Gasteiger charge is 2.54. The second kappa shape index (κ2) is 9.71. The lowest BCUT2D eigenvalue weighted by Gasteiger charge is -2.49. The molecule has 2 amide bonds. The number of aromatic hydroxyl groups is 2. The molecule has 2 atom stereocenters. The minimum atomic E-state index is -1.29. The van der Waals surface area contributed by atoms with E-state index in [1.54, 1.807) is 16.7 Å². The molecule has 1 fully saturated rings. The third-order valence-electron chi connectivity index (χ3n) is 5.91. The molecule has 0 bridgehead atoms. The summed E-state index contributed by atoms with van der Waals surface area (Å²) in [4.78, 5) is 46.8. The zero-order chi connectivity index (χ0) is 27.1. The second-order valence-corrected chi connectivity index (χ2v) is 10.2. The summed E-state index contributed by atoms with van der Waals surface area (Å²) in [6.07, 6.45) is 4.81. The molecule has 7 N–H and O–H groups in total. The fraction of sp³-hybridized carbons (Fsp3) is 0.182. The zero-order valence-corrected chi connectivity index (χ0v) is 20.8. The van der Waals surface area contributed by atoms with Gasteiger partial charge in [0.25, 0.3) is 11.8 Å². The molecule has 0 aliphatic carbocycles. The van der Waals surface area contributed by atoms with Crippen molar-refractivity contribution in [1.29, 1.82) is 0 Å². The van der Waals surface area contributed by atoms with Crippen molar-refractivity contribution in [1.82, 2.24) is 24.8 Å². The van der Waals surface area contributed by atoms with E-state index in [1.165, 1.54) is 35.6 Å². The summed E-state index contributed by atoms with van der Waals surface area (Å²) in [5.41, 5.74) is 6.44. The number of carbonyl (C=O) groups is 3. The van der Waals surface area contributed by atoms with E-state index in [0.29, 0.717) is 16.6 Å². The van der Waals surface area contributed by atoms with Crippen LogP contribution in [0, 0.1) is 0 Å². The number of phenols is 2. The molecular weight excluding hydrogens is 538 g/mol. The minimum Gasteiger partial charge on any atom is -0.504 e. The number of phenolic OH excluding ortho intramolecular Hbond substituents is 2. The average Bonchev–Trinajstić information content (AvgIpc) is 3.48. The van der Waals surface area contributed by atoms with Crippen molar-refractivity contribution in [3.63, 3.8) is 0 Å². The molecule has 1 saturated heterocycles. The van der Waals surface area contributed by atoms with Crippen LogP contribution in [0.5, 0.6) is 11.5 Å². The lowest BCUT2D eigenvalue weighted by Crippen LogP contribution is -2.71. The number of carboxylic acid groups (broad SMARTS) is 1. The number of carbonyl (C=O) groups excluding carboxylic acids is 2. The number of rotatable bonds is 7. The fourth-order valence-electron chi connectivity index (χ4n) is 4.13. The van der Waals surface area contributed by atoms with Crippen LogP contribution >= 0.6 is 23.1 Å². The van der Waals surface area contributed by atoms with Crippen molar-refractivity contribution in [2.45, 2.75) is 18.0 Å². The van der Waals surface area contributed by atoms with Crippen molar-refractivity contribution in [2.24, 2.45) is 5.16 Å². The maximum absolute atomic E-state index is 12.9. The van der Waals surface area contributed by atoms with Crippen molar-refractivity contribution >= 4 is 62.8 Å². The van der Waals surface area contributed by atoms with E-state index in [4.69, 9.17) is 5.73 Å². The maximum atomic E-state index is 12.9. The first-order chi connectivity index (χ1) is 18.2. The number of nitrogen functional groups attached to an aromatic ring is 1.